The van der Waals surface area contributed by atoms with E-state index in [0.717, 1.165) is 5.69 Å². The van der Waals surface area contributed by atoms with Crippen molar-refractivity contribution in [2.45, 2.75) is 38.5 Å². The summed E-state index contributed by atoms with van der Waals surface area (Å²) in [5.74, 6) is 0. The third kappa shape index (κ3) is 1.81. The molecule has 0 radical (unpaired) electrons. The van der Waals surface area contributed by atoms with E-state index in [1.807, 2.05) is 19.2 Å². The van der Waals surface area contributed by atoms with Gasteiger partial charge in [-0.2, -0.15) is 0 Å². The first kappa shape index (κ1) is 11.7. The molecule has 2 aromatic rings. The lowest BCUT2D eigenvalue weighted by Gasteiger charge is -2.37. The number of pyridine rings is 1. The van der Waals surface area contributed by atoms with Crippen LogP contribution in [0.3, 0.4) is 0 Å². The van der Waals surface area contributed by atoms with Gasteiger partial charge in [-0.25, -0.2) is 4.98 Å². The lowest BCUT2D eigenvalue weighted by molar-refractivity contribution is 0.264. The summed E-state index contributed by atoms with van der Waals surface area (Å²) in [6.07, 6.45) is 5.71. The highest BCUT2D eigenvalue weighted by molar-refractivity contribution is 7.18. The van der Waals surface area contributed by atoms with Crippen LogP contribution in [-0.2, 0) is 5.41 Å². The standard InChI is InChI=1S/C14H17N3S/c1-9-12(18-13(15)17-9)10-4-7-16-11(8-10)14(2)5-3-6-14/h4,7-8H,3,5-6H2,1-2H3,(H2,15,17). The van der Waals surface area contributed by atoms with E-state index in [2.05, 4.69) is 23.0 Å². The highest BCUT2D eigenvalue weighted by Gasteiger charge is 2.35. The SMILES string of the molecule is Cc1nc(N)sc1-c1ccnc(C2(C)CCC2)c1. The fraction of sp³-hybridized carbons (Fsp3) is 0.429. The molecule has 0 spiro atoms. The molecule has 0 amide bonds. The van der Waals surface area contributed by atoms with Gasteiger partial charge in [-0.3, -0.25) is 4.98 Å². The summed E-state index contributed by atoms with van der Waals surface area (Å²) >= 11 is 1.55. The van der Waals surface area contributed by atoms with E-state index in [9.17, 15) is 0 Å². The minimum atomic E-state index is 0.278. The third-order valence-corrected chi connectivity index (χ3v) is 4.95. The Balaban J connectivity index is 2.03. The van der Waals surface area contributed by atoms with Crippen LogP contribution >= 0.6 is 11.3 Å². The maximum atomic E-state index is 5.77. The quantitative estimate of drug-likeness (QED) is 0.897. The first-order chi connectivity index (χ1) is 8.58. The molecule has 0 aromatic carbocycles. The molecule has 1 aliphatic carbocycles. The van der Waals surface area contributed by atoms with Gasteiger partial charge in [0, 0.05) is 17.3 Å². The van der Waals surface area contributed by atoms with E-state index in [-0.39, 0.29) is 5.41 Å². The summed E-state index contributed by atoms with van der Waals surface area (Å²) in [5.41, 5.74) is 9.46. The number of hydrogen-bond acceptors (Lipinski definition) is 4. The summed E-state index contributed by atoms with van der Waals surface area (Å²) < 4.78 is 0. The van der Waals surface area contributed by atoms with Gasteiger partial charge in [0.25, 0.3) is 0 Å². The Bertz CT molecular complexity index is 584. The van der Waals surface area contributed by atoms with Crippen molar-refractivity contribution in [1.29, 1.82) is 0 Å². The van der Waals surface area contributed by atoms with Gasteiger partial charge in [0.05, 0.1) is 10.6 Å². The molecule has 0 atom stereocenters. The van der Waals surface area contributed by atoms with Crippen molar-refractivity contribution in [3.05, 3.63) is 29.7 Å². The molecular weight excluding hydrogens is 242 g/mol. The Hall–Kier alpha value is -1.42. The number of aryl methyl sites for hydroxylation is 1. The molecule has 2 aromatic heterocycles. The van der Waals surface area contributed by atoms with Gasteiger partial charge in [-0.1, -0.05) is 24.7 Å². The van der Waals surface area contributed by atoms with Crippen LogP contribution in [0.4, 0.5) is 5.13 Å². The minimum absolute atomic E-state index is 0.278. The molecule has 0 unspecified atom stereocenters. The van der Waals surface area contributed by atoms with Crippen molar-refractivity contribution in [2.24, 2.45) is 0 Å². The molecule has 1 aliphatic rings. The molecule has 1 fully saturated rings. The van der Waals surface area contributed by atoms with Crippen molar-refractivity contribution in [1.82, 2.24) is 9.97 Å². The first-order valence-corrected chi connectivity index (χ1v) is 7.10. The number of hydrogen-bond donors (Lipinski definition) is 1. The lowest BCUT2D eigenvalue weighted by Crippen LogP contribution is -2.31. The van der Waals surface area contributed by atoms with Gasteiger partial charge in [0.2, 0.25) is 0 Å². The Morgan fingerprint density at radius 3 is 2.72 bits per heavy atom. The van der Waals surface area contributed by atoms with E-state index >= 15 is 0 Å². The Morgan fingerprint density at radius 1 is 1.39 bits per heavy atom. The van der Waals surface area contributed by atoms with Crippen molar-refractivity contribution in [3.8, 4) is 10.4 Å². The normalized spacial score (nSPS) is 17.4. The number of nitrogens with two attached hydrogens (primary N) is 1. The largest absolute Gasteiger partial charge is 0.375 e. The Kier molecular flexibility index (Phi) is 2.63. The molecule has 0 aliphatic heterocycles. The molecule has 18 heavy (non-hydrogen) atoms. The van der Waals surface area contributed by atoms with Gasteiger partial charge in [0.15, 0.2) is 5.13 Å². The monoisotopic (exact) mass is 259 g/mol. The number of anilines is 1. The van der Waals surface area contributed by atoms with Crippen molar-refractivity contribution >= 4 is 16.5 Å². The van der Waals surface area contributed by atoms with Crippen LogP contribution in [0.5, 0.6) is 0 Å². The van der Waals surface area contributed by atoms with Crippen LogP contribution < -0.4 is 5.73 Å². The molecule has 0 saturated heterocycles. The van der Waals surface area contributed by atoms with Crippen LogP contribution in [0, 0.1) is 6.92 Å². The van der Waals surface area contributed by atoms with Gasteiger partial charge < -0.3 is 5.73 Å². The number of thiazole rings is 1. The van der Waals surface area contributed by atoms with Gasteiger partial charge >= 0.3 is 0 Å². The molecule has 94 valence electrons. The van der Waals surface area contributed by atoms with Crippen molar-refractivity contribution in [3.63, 3.8) is 0 Å². The fourth-order valence-corrected chi connectivity index (χ4v) is 3.38. The van der Waals surface area contributed by atoms with E-state index in [0.29, 0.717) is 5.13 Å². The fourth-order valence-electron chi connectivity index (χ4n) is 2.55. The van der Waals surface area contributed by atoms with E-state index in [1.54, 1.807) is 11.3 Å². The minimum Gasteiger partial charge on any atom is -0.375 e. The van der Waals surface area contributed by atoms with Crippen molar-refractivity contribution in [2.75, 3.05) is 5.73 Å². The molecule has 3 nitrogen and oxygen atoms in total. The molecule has 3 rings (SSSR count). The average Bonchev–Trinajstić information content (AvgIpc) is 2.66. The summed E-state index contributed by atoms with van der Waals surface area (Å²) in [7, 11) is 0. The maximum absolute atomic E-state index is 5.77. The predicted octanol–water partition coefficient (Wildman–Crippen LogP) is 3.54. The number of aromatic nitrogens is 2. The molecule has 0 bridgehead atoms. The molecular formula is C14H17N3S. The van der Waals surface area contributed by atoms with Crippen LogP contribution in [-0.4, -0.2) is 9.97 Å². The van der Waals surface area contributed by atoms with Crippen LogP contribution in [0.25, 0.3) is 10.4 Å². The average molecular weight is 259 g/mol. The zero-order valence-electron chi connectivity index (χ0n) is 10.7. The van der Waals surface area contributed by atoms with Crippen molar-refractivity contribution < 1.29 is 0 Å². The molecule has 2 heterocycles. The smallest absolute Gasteiger partial charge is 0.180 e. The van der Waals surface area contributed by atoms with E-state index < -0.39 is 0 Å². The van der Waals surface area contributed by atoms with Gasteiger partial charge in [-0.05, 0) is 37.5 Å². The second-order valence-electron chi connectivity index (χ2n) is 5.31. The summed E-state index contributed by atoms with van der Waals surface area (Å²) in [4.78, 5) is 10.0. The summed E-state index contributed by atoms with van der Waals surface area (Å²) in [6, 6.07) is 4.25. The van der Waals surface area contributed by atoms with Crippen LogP contribution in [0.15, 0.2) is 18.3 Å². The lowest BCUT2D eigenvalue weighted by atomic mass is 9.68. The second-order valence-corrected chi connectivity index (χ2v) is 6.34. The first-order valence-electron chi connectivity index (χ1n) is 6.28. The Labute approximate surface area is 111 Å². The van der Waals surface area contributed by atoms with Gasteiger partial charge in [0.1, 0.15) is 0 Å². The topological polar surface area (TPSA) is 51.8 Å². The van der Waals surface area contributed by atoms with E-state index in [4.69, 9.17) is 5.73 Å². The second kappa shape index (κ2) is 4.05. The maximum Gasteiger partial charge on any atom is 0.180 e. The highest BCUT2D eigenvalue weighted by Crippen LogP contribution is 2.43. The number of rotatable bonds is 2. The summed E-state index contributed by atoms with van der Waals surface area (Å²) in [5, 5.41) is 0.635. The number of nitrogens with zero attached hydrogens (tertiary/aromatic N) is 2. The molecule has 2 N–H and O–H groups in total. The zero-order chi connectivity index (χ0) is 12.8. The zero-order valence-corrected chi connectivity index (χ0v) is 11.5. The number of nitrogen functional groups attached to an aromatic ring is 1. The Morgan fingerprint density at radius 2 is 2.17 bits per heavy atom. The van der Waals surface area contributed by atoms with Crippen LogP contribution in [0.2, 0.25) is 0 Å². The highest BCUT2D eigenvalue weighted by atomic mass is 32.1. The predicted molar refractivity (Wildman–Crippen MR) is 75.7 cm³/mol. The molecule has 1 saturated carbocycles. The van der Waals surface area contributed by atoms with Crippen LogP contribution in [0.1, 0.15) is 37.6 Å². The third-order valence-electron chi connectivity index (χ3n) is 3.91. The summed E-state index contributed by atoms with van der Waals surface area (Å²) in [6.45, 7) is 4.31. The van der Waals surface area contributed by atoms with Gasteiger partial charge in [-0.15, -0.1) is 0 Å². The van der Waals surface area contributed by atoms with E-state index in [1.165, 1.54) is 35.4 Å². The molecule has 4 heteroatoms.